The van der Waals surface area contributed by atoms with Crippen LogP contribution >= 0.6 is 15.9 Å². The maximum Gasteiger partial charge on any atom is 0.407 e. The Balaban J connectivity index is 1.54. The van der Waals surface area contributed by atoms with E-state index in [1.165, 1.54) is 18.0 Å². The number of nitrogens with zero attached hydrogens (tertiary/aromatic N) is 3. The largest absolute Gasteiger partial charge is 0.465 e. The van der Waals surface area contributed by atoms with Crippen molar-refractivity contribution in [2.45, 2.75) is 13.0 Å². The lowest BCUT2D eigenvalue weighted by Gasteiger charge is -2.14. The number of hydrogen-bond acceptors (Lipinski definition) is 3. The molecule has 1 N–H and O–H groups in total. The average molecular weight is 526 g/mol. The Hall–Kier alpha value is -3.23. The van der Waals surface area contributed by atoms with E-state index >= 15 is 4.39 Å². The van der Waals surface area contributed by atoms with Crippen LogP contribution in [0.5, 0.6) is 0 Å². The van der Waals surface area contributed by atoms with Crippen molar-refractivity contribution >= 4 is 32.9 Å². The second-order valence-electron chi connectivity index (χ2n) is 8.10. The molecule has 0 saturated heterocycles. The Bertz CT molecular complexity index is 1340. The van der Waals surface area contributed by atoms with Crippen molar-refractivity contribution in [3.8, 4) is 22.4 Å². The van der Waals surface area contributed by atoms with E-state index < -0.39 is 6.09 Å². The monoisotopic (exact) mass is 525 g/mol. The molecule has 34 heavy (non-hydrogen) atoms. The first-order valence-corrected chi connectivity index (χ1v) is 11.7. The summed E-state index contributed by atoms with van der Waals surface area (Å²) < 4.78 is 23.8. The van der Waals surface area contributed by atoms with Crippen molar-refractivity contribution in [2.24, 2.45) is 7.05 Å². The zero-order valence-corrected chi connectivity index (χ0v) is 20.5. The minimum absolute atomic E-state index is 0.343. The summed E-state index contributed by atoms with van der Waals surface area (Å²) in [6.07, 6.45) is -0.357. The van der Waals surface area contributed by atoms with Gasteiger partial charge in [0.2, 0.25) is 0 Å². The van der Waals surface area contributed by atoms with Gasteiger partial charge in [-0.15, -0.1) is 0 Å². The maximum absolute atomic E-state index is 15.3. The highest BCUT2D eigenvalue weighted by Crippen LogP contribution is 2.34. The van der Waals surface area contributed by atoms with Crippen LogP contribution in [-0.4, -0.2) is 46.1 Å². The first-order chi connectivity index (χ1) is 16.3. The summed E-state index contributed by atoms with van der Waals surface area (Å²) in [6.45, 7) is 1.19. The van der Waals surface area contributed by atoms with E-state index in [1.54, 1.807) is 10.7 Å². The number of benzene rings is 3. The number of fused-ring (bicyclic) bond motifs is 1. The van der Waals surface area contributed by atoms with E-state index in [0.29, 0.717) is 37.4 Å². The summed E-state index contributed by atoms with van der Waals surface area (Å²) in [6, 6.07) is 18.8. The molecule has 4 rings (SSSR count). The molecule has 1 heterocycles. The van der Waals surface area contributed by atoms with Gasteiger partial charge in [-0.05, 0) is 53.4 Å². The minimum atomic E-state index is -0.956. The van der Waals surface area contributed by atoms with Crippen molar-refractivity contribution in [1.82, 2.24) is 14.7 Å². The van der Waals surface area contributed by atoms with Gasteiger partial charge in [0.1, 0.15) is 11.5 Å². The number of hydrogen-bond donors (Lipinski definition) is 1. The van der Waals surface area contributed by atoms with Crippen LogP contribution in [0.1, 0.15) is 12.0 Å². The Morgan fingerprint density at radius 2 is 1.94 bits per heavy atom. The topological polar surface area (TPSA) is 67.6 Å². The minimum Gasteiger partial charge on any atom is -0.465 e. The molecule has 176 valence electrons. The fourth-order valence-electron chi connectivity index (χ4n) is 3.92. The van der Waals surface area contributed by atoms with Gasteiger partial charge >= 0.3 is 6.09 Å². The van der Waals surface area contributed by atoms with Crippen molar-refractivity contribution in [3.63, 3.8) is 0 Å². The predicted octanol–water partition coefficient (Wildman–Crippen LogP) is 6.33. The molecule has 3 aromatic carbocycles. The van der Waals surface area contributed by atoms with Crippen molar-refractivity contribution in [2.75, 3.05) is 20.2 Å². The van der Waals surface area contributed by atoms with Crippen molar-refractivity contribution in [3.05, 3.63) is 76.5 Å². The van der Waals surface area contributed by atoms with E-state index in [4.69, 9.17) is 9.84 Å². The molecule has 0 aliphatic heterocycles. The summed E-state index contributed by atoms with van der Waals surface area (Å²) in [5.74, 6) is -0.343. The molecule has 0 spiro atoms. The van der Waals surface area contributed by atoms with Gasteiger partial charge in [0, 0.05) is 42.7 Å². The fourth-order valence-corrected chi connectivity index (χ4v) is 4.28. The zero-order valence-electron chi connectivity index (χ0n) is 19.0. The lowest BCUT2D eigenvalue weighted by Crippen LogP contribution is -2.26. The smallest absolute Gasteiger partial charge is 0.407 e. The molecule has 0 fully saturated rings. The average Bonchev–Trinajstić information content (AvgIpc) is 3.14. The van der Waals surface area contributed by atoms with E-state index in [1.807, 2.05) is 55.6 Å². The van der Waals surface area contributed by atoms with E-state index in [-0.39, 0.29) is 5.82 Å². The van der Waals surface area contributed by atoms with Crippen LogP contribution in [0.25, 0.3) is 33.3 Å². The summed E-state index contributed by atoms with van der Waals surface area (Å²) >= 11 is 3.49. The van der Waals surface area contributed by atoms with E-state index in [9.17, 15) is 4.79 Å². The van der Waals surface area contributed by atoms with Gasteiger partial charge in [-0.3, -0.25) is 4.68 Å². The van der Waals surface area contributed by atoms with Gasteiger partial charge < -0.3 is 14.7 Å². The van der Waals surface area contributed by atoms with Gasteiger partial charge in [0.05, 0.1) is 12.1 Å². The highest BCUT2D eigenvalue weighted by atomic mass is 79.9. The normalized spacial score (nSPS) is 11.2. The van der Waals surface area contributed by atoms with Crippen LogP contribution < -0.4 is 0 Å². The van der Waals surface area contributed by atoms with Gasteiger partial charge in [0.15, 0.2) is 0 Å². The highest BCUT2D eigenvalue weighted by molar-refractivity contribution is 9.10. The lowest BCUT2D eigenvalue weighted by molar-refractivity contribution is 0.108. The Labute approximate surface area is 205 Å². The third-order valence-electron chi connectivity index (χ3n) is 5.73. The van der Waals surface area contributed by atoms with Crippen LogP contribution in [0.3, 0.4) is 0 Å². The Morgan fingerprint density at radius 1 is 1.15 bits per heavy atom. The first kappa shape index (κ1) is 23.9. The summed E-state index contributed by atoms with van der Waals surface area (Å²) in [5.41, 5.74) is 4.57. The molecule has 4 aromatic rings. The van der Waals surface area contributed by atoms with Gasteiger partial charge in [-0.25, -0.2) is 9.18 Å². The van der Waals surface area contributed by atoms with Gasteiger partial charge in [-0.2, -0.15) is 5.10 Å². The molecular formula is C26H25BrFN3O3. The van der Waals surface area contributed by atoms with Crippen LogP contribution in [0, 0.1) is 5.82 Å². The molecule has 1 amide bonds. The van der Waals surface area contributed by atoms with Gasteiger partial charge in [-0.1, -0.05) is 46.3 Å². The highest BCUT2D eigenvalue weighted by Gasteiger charge is 2.16. The molecule has 1 aromatic heterocycles. The van der Waals surface area contributed by atoms with Crippen LogP contribution in [0.2, 0.25) is 0 Å². The molecule has 6 nitrogen and oxygen atoms in total. The molecule has 0 aliphatic carbocycles. The molecule has 0 unspecified atom stereocenters. The van der Waals surface area contributed by atoms with Crippen molar-refractivity contribution < 1.29 is 19.0 Å². The lowest BCUT2D eigenvalue weighted by atomic mass is 9.97. The number of rotatable bonds is 8. The summed E-state index contributed by atoms with van der Waals surface area (Å²) in [5, 5.41) is 14.3. The third kappa shape index (κ3) is 5.13. The molecule has 0 saturated carbocycles. The molecule has 0 aliphatic rings. The molecule has 0 atom stereocenters. The molecular weight excluding hydrogens is 501 g/mol. The number of aryl methyl sites for hydroxylation is 1. The first-order valence-electron chi connectivity index (χ1n) is 10.9. The van der Waals surface area contributed by atoms with E-state index in [0.717, 1.165) is 32.1 Å². The second-order valence-corrected chi connectivity index (χ2v) is 9.01. The quantitative estimate of drug-likeness (QED) is 0.273. The third-order valence-corrected chi connectivity index (χ3v) is 6.22. The number of aromatic nitrogens is 2. The number of carbonyl (C=O) groups is 1. The molecule has 8 heteroatoms. The fraction of sp³-hybridized carbons (Fsp3) is 0.231. The molecule has 0 bridgehead atoms. The summed E-state index contributed by atoms with van der Waals surface area (Å²) in [7, 11) is 3.38. The van der Waals surface area contributed by atoms with Crippen LogP contribution in [0.15, 0.2) is 65.1 Å². The van der Waals surface area contributed by atoms with Crippen molar-refractivity contribution in [1.29, 1.82) is 0 Å². The maximum atomic E-state index is 15.3. The van der Waals surface area contributed by atoms with E-state index in [2.05, 4.69) is 21.0 Å². The Morgan fingerprint density at radius 3 is 2.71 bits per heavy atom. The van der Waals surface area contributed by atoms with Crippen LogP contribution in [-0.2, 0) is 18.4 Å². The number of ether oxygens (including phenoxy) is 1. The van der Waals surface area contributed by atoms with Crippen LogP contribution in [0.4, 0.5) is 9.18 Å². The number of amides is 1. The Kier molecular flexibility index (Phi) is 7.29. The number of carboxylic acid groups (broad SMARTS) is 1. The van der Waals surface area contributed by atoms with Gasteiger partial charge in [0.25, 0.3) is 0 Å². The second kappa shape index (κ2) is 10.4. The summed E-state index contributed by atoms with van der Waals surface area (Å²) in [4.78, 5) is 12.1. The predicted molar refractivity (Wildman–Crippen MR) is 134 cm³/mol. The molecule has 0 radical (unpaired) electrons. The number of halogens is 2. The SMILES string of the molecule is CN(CCCOCc1ccccc1-c1ccc(-c2nn(C)c3ccc(Br)cc23)c(F)c1)C(=O)O. The zero-order chi connectivity index (χ0) is 24.2. The standard InChI is InChI=1S/C26H25BrFN3O3/c1-30(26(32)33)12-5-13-34-16-18-6-3-4-7-20(18)17-8-10-21(23(28)14-17)25-22-15-19(27)9-11-24(22)31(2)29-25/h3-4,6-11,14-15H,5,12-13,16H2,1-2H3,(H,32,33).